The van der Waals surface area contributed by atoms with Gasteiger partial charge < -0.3 is 9.47 Å². The third-order valence-electron chi connectivity index (χ3n) is 9.08. The Morgan fingerprint density at radius 1 is 0.704 bits per heavy atom. The van der Waals surface area contributed by atoms with Crippen LogP contribution >= 0.6 is 82.0 Å². The summed E-state index contributed by atoms with van der Waals surface area (Å²) in [6.07, 6.45) is 3.59. The van der Waals surface area contributed by atoms with Crippen molar-refractivity contribution in [2.75, 3.05) is 13.1 Å². The van der Waals surface area contributed by atoms with Gasteiger partial charge in [0.1, 0.15) is 21.9 Å². The maximum Gasteiger partial charge on any atom is 0.333 e. The minimum Gasteiger partial charge on any atom is -0.459 e. The fourth-order valence-corrected chi connectivity index (χ4v) is 13.4. The summed E-state index contributed by atoms with van der Waals surface area (Å²) in [5, 5.41) is 0. The van der Waals surface area contributed by atoms with Crippen LogP contribution in [0.15, 0.2) is 82.6 Å². The number of esters is 2. The number of carbonyl (C=O) groups is 4. The number of benzene rings is 2. The Bertz CT molecular complexity index is 2410. The van der Waals surface area contributed by atoms with Crippen molar-refractivity contribution in [2.24, 2.45) is 0 Å². The van der Waals surface area contributed by atoms with E-state index >= 15 is 0 Å². The molecule has 2 fully saturated rings. The average Bonchev–Trinajstić information content (AvgIpc) is 3.99. The number of nitrogens with zero attached hydrogens (tertiary/aromatic N) is 2. The third kappa shape index (κ3) is 6.29. The lowest BCUT2D eigenvalue weighted by atomic mass is 9.79. The maximum absolute atomic E-state index is 14.9. The van der Waals surface area contributed by atoms with Gasteiger partial charge in [-0.05, 0) is 49.3 Å². The SMILES string of the molecule is CCN1C(=O)/C(=C/c2cc3c(s2)-c2sc4cc(/C=C5\SC(=S)N(CC)C5=O)sc4c2C3(C(=O)OCc2ccccc2)C(=O)OCc2ccccc2)SC1=S. The lowest BCUT2D eigenvalue weighted by Crippen LogP contribution is -2.45. The third-order valence-corrected chi connectivity index (χ3v) is 15.5. The van der Waals surface area contributed by atoms with E-state index < -0.39 is 17.4 Å². The van der Waals surface area contributed by atoms with Crippen molar-refractivity contribution in [1.29, 1.82) is 0 Å². The van der Waals surface area contributed by atoms with Crippen molar-refractivity contribution in [3.8, 4) is 9.75 Å². The molecule has 0 spiro atoms. The second-order valence-corrected chi connectivity index (χ2v) is 18.8. The van der Waals surface area contributed by atoms with Gasteiger partial charge in [-0.2, -0.15) is 0 Å². The van der Waals surface area contributed by atoms with Crippen LogP contribution in [-0.4, -0.2) is 55.3 Å². The minimum absolute atomic E-state index is 0.0587. The van der Waals surface area contributed by atoms with E-state index in [4.69, 9.17) is 33.9 Å². The number of amides is 2. The Kier molecular flexibility index (Phi) is 10.2. The summed E-state index contributed by atoms with van der Waals surface area (Å²) in [4.78, 5) is 63.2. The van der Waals surface area contributed by atoms with E-state index in [1.807, 2.05) is 86.7 Å². The quantitative estimate of drug-likeness (QED) is 0.0587. The molecule has 1 aliphatic carbocycles. The maximum atomic E-state index is 14.9. The van der Waals surface area contributed by atoms with E-state index in [2.05, 4.69) is 0 Å². The molecule has 0 saturated carbocycles. The zero-order valence-electron chi connectivity index (χ0n) is 28.6. The molecule has 2 amide bonds. The predicted molar refractivity (Wildman–Crippen MR) is 227 cm³/mol. The van der Waals surface area contributed by atoms with E-state index in [0.717, 1.165) is 35.2 Å². The van der Waals surface area contributed by atoms with Gasteiger partial charge in [0.2, 0.25) is 5.41 Å². The predicted octanol–water partition coefficient (Wildman–Crippen LogP) is 9.22. The first kappa shape index (κ1) is 37.0. The van der Waals surface area contributed by atoms with Crippen LogP contribution in [0.5, 0.6) is 0 Å². The number of thiocarbonyl (C=S) groups is 2. The molecule has 54 heavy (non-hydrogen) atoms. The molecule has 0 unspecified atom stereocenters. The second-order valence-electron chi connectivity index (χ2n) is 12.3. The molecule has 5 aromatic rings. The van der Waals surface area contributed by atoms with E-state index in [-0.39, 0.29) is 25.0 Å². The van der Waals surface area contributed by atoms with Gasteiger partial charge in [-0.3, -0.25) is 29.0 Å². The summed E-state index contributed by atoms with van der Waals surface area (Å²) in [5.74, 6) is -1.85. The van der Waals surface area contributed by atoms with E-state index in [0.29, 0.717) is 47.5 Å². The van der Waals surface area contributed by atoms with Crippen LogP contribution in [0.2, 0.25) is 0 Å². The van der Waals surface area contributed by atoms with Gasteiger partial charge >= 0.3 is 11.9 Å². The topological polar surface area (TPSA) is 93.2 Å². The molecule has 2 aromatic carbocycles. The van der Waals surface area contributed by atoms with E-state index in [1.54, 1.807) is 21.9 Å². The van der Waals surface area contributed by atoms with Crippen molar-refractivity contribution in [2.45, 2.75) is 32.5 Å². The molecule has 0 atom stereocenters. The molecule has 8 nitrogen and oxygen atoms in total. The first-order valence-corrected chi connectivity index (χ1v) is 21.7. The molecule has 3 aromatic heterocycles. The van der Waals surface area contributed by atoms with Gasteiger partial charge in [0, 0.05) is 38.7 Å². The highest BCUT2D eigenvalue weighted by Gasteiger charge is 2.61. The largest absolute Gasteiger partial charge is 0.459 e. The van der Waals surface area contributed by atoms with Crippen molar-refractivity contribution in [3.63, 3.8) is 0 Å². The molecule has 272 valence electrons. The number of carbonyl (C=O) groups excluding carboxylic acids is 4. The fraction of sp³-hybridized carbons (Fsp3) is 0.179. The molecule has 2 aliphatic heterocycles. The number of fused-ring (bicyclic) bond motifs is 5. The highest BCUT2D eigenvalue weighted by molar-refractivity contribution is 8.27. The first-order chi connectivity index (χ1) is 26.1. The van der Waals surface area contributed by atoms with Crippen LogP contribution in [0.1, 0.15) is 45.9 Å². The lowest BCUT2D eigenvalue weighted by Gasteiger charge is -2.26. The molecule has 3 aliphatic rings. The Balaban J connectivity index is 1.29. The Labute approximate surface area is 341 Å². The molecule has 0 bridgehead atoms. The van der Waals surface area contributed by atoms with Gasteiger partial charge in [-0.1, -0.05) is 109 Å². The summed E-state index contributed by atoms with van der Waals surface area (Å²) >= 11 is 17.6. The summed E-state index contributed by atoms with van der Waals surface area (Å²) < 4.78 is 14.7. The molecular weight excluding hydrogens is 817 g/mol. The van der Waals surface area contributed by atoms with E-state index in [9.17, 15) is 19.2 Å². The van der Waals surface area contributed by atoms with E-state index in [1.165, 1.54) is 57.5 Å². The number of hydrogen-bond acceptors (Lipinski definition) is 13. The van der Waals surface area contributed by atoms with Crippen molar-refractivity contribution >= 4 is 136 Å². The highest BCUT2D eigenvalue weighted by Crippen LogP contribution is 2.61. The summed E-state index contributed by atoms with van der Waals surface area (Å²) in [5.41, 5.74) is 0.501. The van der Waals surface area contributed by atoms with Crippen molar-refractivity contribution in [3.05, 3.63) is 115 Å². The van der Waals surface area contributed by atoms with Crippen LogP contribution in [0, 0.1) is 0 Å². The highest BCUT2D eigenvalue weighted by atomic mass is 32.2. The number of hydrogen-bond donors (Lipinski definition) is 0. The smallest absolute Gasteiger partial charge is 0.333 e. The van der Waals surface area contributed by atoms with Gasteiger partial charge in [0.05, 0.1) is 24.3 Å². The van der Waals surface area contributed by atoms with Crippen LogP contribution in [0.25, 0.3) is 31.3 Å². The molecule has 8 rings (SSSR count). The summed E-state index contributed by atoms with van der Waals surface area (Å²) in [6.45, 7) is 4.57. The number of thioether (sulfide) groups is 2. The van der Waals surface area contributed by atoms with Crippen LogP contribution in [-0.2, 0) is 47.3 Å². The molecule has 0 N–H and O–H groups in total. The zero-order valence-corrected chi connectivity index (χ0v) is 34.3. The zero-order chi connectivity index (χ0) is 37.7. The average molecular weight is 845 g/mol. The number of ether oxygens (including phenoxy) is 2. The monoisotopic (exact) mass is 844 g/mol. The van der Waals surface area contributed by atoms with Crippen LogP contribution in [0.4, 0.5) is 0 Å². The van der Waals surface area contributed by atoms with Gasteiger partial charge in [-0.15, -0.1) is 34.0 Å². The van der Waals surface area contributed by atoms with Gasteiger partial charge in [0.25, 0.3) is 11.8 Å². The first-order valence-electron chi connectivity index (χ1n) is 16.8. The Morgan fingerprint density at radius 2 is 1.20 bits per heavy atom. The molecule has 5 heterocycles. The summed E-state index contributed by atoms with van der Waals surface area (Å²) in [6, 6.07) is 22.4. The number of likely N-dealkylation sites (N-methyl/N-ethyl adjacent to an activating group) is 2. The number of rotatable bonds is 10. The molecule has 2 saturated heterocycles. The Morgan fingerprint density at radius 3 is 1.69 bits per heavy atom. The van der Waals surface area contributed by atoms with Crippen molar-refractivity contribution in [1.82, 2.24) is 9.80 Å². The van der Waals surface area contributed by atoms with Gasteiger partial charge in [0.15, 0.2) is 0 Å². The second kappa shape index (κ2) is 14.9. The summed E-state index contributed by atoms with van der Waals surface area (Å²) in [7, 11) is 0. The minimum atomic E-state index is -1.98. The molecule has 15 heteroatoms. The fourth-order valence-electron chi connectivity index (χ4n) is 6.52. The Hall–Kier alpha value is -3.96. The molecular formula is C39H28N2O6S7. The van der Waals surface area contributed by atoms with Gasteiger partial charge in [-0.25, -0.2) is 0 Å². The van der Waals surface area contributed by atoms with Crippen LogP contribution < -0.4 is 0 Å². The molecule has 0 radical (unpaired) electrons. The normalized spacial score (nSPS) is 17.7. The lowest BCUT2D eigenvalue weighted by molar-refractivity contribution is -0.164. The standard InChI is InChI=1S/C39H28N2O6S7/c1-3-40-33(42)27(53-37(40)48)17-23-15-25-30(50-23)32-29(31-26(52-32)16-24(51-31)18-28-34(43)41(4-2)38(49)54-28)39(25,35(44)46-19-21-11-7-5-8-12-21)36(45)47-20-22-13-9-6-10-14-22/h5-18H,3-4,19-20H2,1-2H3/b27-17-,28-18-. The van der Waals surface area contributed by atoms with Crippen molar-refractivity contribution < 1.29 is 28.7 Å². The van der Waals surface area contributed by atoms with Crippen LogP contribution in [0.3, 0.4) is 0 Å². The number of thiophene rings is 3.